The van der Waals surface area contributed by atoms with Gasteiger partial charge in [-0.2, -0.15) is 0 Å². The summed E-state index contributed by atoms with van der Waals surface area (Å²) < 4.78 is 12.3. The van der Waals surface area contributed by atoms with Gasteiger partial charge in [0.25, 0.3) is 0 Å². The van der Waals surface area contributed by atoms with Gasteiger partial charge in [-0.1, -0.05) is 41.9 Å². The number of halogens is 1. The fourth-order valence-electron chi connectivity index (χ4n) is 3.38. The van der Waals surface area contributed by atoms with Crippen molar-refractivity contribution in [3.05, 3.63) is 65.2 Å². The van der Waals surface area contributed by atoms with E-state index in [1.54, 1.807) is 7.05 Å². The second kappa shape index (κ2) is 11.1. The summed E-state index contributed by atoms with van der Waals surface area (Å²) in [5.41, 5.74) is 0.929. The van der Waals surface area contributed by atoms with Crippen LogP contribution in [0.3, 0.4) is 0 Å². The summed E-state index contributed by atoms with van der Waals surface area (Å²) in [4.78, 5) is 21.8. The van der Waals surface area contributed by atoms with E-state index in [0.717, 1.165) is 16.4 Å². The molecule has 0 saturated carbocycles. The molecule has 0 radical (unpaired) electrons. The van der Waals surface area contributed by atoms with Crippen molar-refractivity contribution in [2.24, 2.45) is 4.99 Å². The minimum Gasteiger partial charge on any atom is -0.355 e. The second-order valence-electron chi connectivity index (χ2n) is 7.01. The van der Waals surface area contributed by atoms with E-state index >= 15 is 0 Å². The van der Waals surface area contributed by atoms with E-state index in [4.69, 9.17) is 11.6 Å². The van der Waals surface area contributed by atoms with Crippen LogP contribution in [0.25, 0.3) is 0 Å². The van der Waals surface area contributed by atoms with Gasteiger partial charge in [-0.15, -0.1) is 0 Å². The van der Waals surface area contributed by atoms with Crippen molar-refractivity contribution in [3.63, 3.8) is 0 Å². The molecule has 0 aliphatic carbocycles. The van der Waals surface area contributed by atoms with Gasteiger partial charge in [0.05, 0.1) is 17.2 Å². The number of benzene rings is 2. The Labute approximate surface area is 185 Å². The molecule has 3 rings (SSSR count). The second-order valence-corrected chi connectivity index (χ2v) is 9.02. The predicted molar refractivity (Wildman–Crippen MR) is 122 cm³/mol. The topological polar surface area (TPSA) is 65.0 Å². The van der Waals surface area contributed by atoms with Gasteiger partial charge in [0.1, 0.15) is 0 Å². The first-order chi connectivity index (χ1) is 14.6. The van der Waals surface area contributed by atoms with Crippen molar-refractivity contribution in [1.29, 1.82) is 0 Å². The lowest BCUT2D eigenvalue weighted by molar-refractivity contribution is -0.131. The Kier molecular flexibility index (Phi) is 8.28. The average molecular weight is 447 g/mol. The minimum atomic E-state index is -1.04. The van der Waals surface area contributed by atoms with Crippen molar-refractivity contribution in [3.8, 4) is 0 Å². The van der Waals surface area contributed by atoms with E-state index in [2.05, 4.69) is 15.2 Å². The highest BCUT2D eigenvalue weighted by atomic mass is 35.5. The third-order valence-corrected chi connectivity index (χ3v) is 6.57. The molecule has 1 N–H and O–H groups in total. The van der Waals surface area contributed by atoms with Gasteiger partial charge in [-0.05, 0) is 29.8 Å². The molecular weight excluding hydrogens is 420 g/mol. The number of amides is 1. The maximum Gasteiger partial charge on any atom is 0.227 e. The number of hydrogen-bond acceptors (Lipinski definition) is 3. The zero-order valence-corrected chi connectivity index (χ0v) is 18.7. The Balaban J connectivity index is 1.43. The lowest BCUT2D eigenvalue weighted by atomic mass is 10.1. The Morgan fingerprint density at radius 1 is 1.07 bits per heavy atom. The number of carbonyl (C=O) groups excluding carboxylic acids is 1. The number of aliphatic imine (C=N–C) groups is 1. The molecule has 160 valence electrons. The molecule has 1 atom stereocenters. The van der Waals surface area contributed by atoms with Crippen LogP contribution in [0, 0.1) is 0 Å². The quantitative estimate of drug-likeness (QED) is 0.546. The Morgan fingerprint density at radius 3 is 2.43 bits per heavy atom. The first-order valence-corrected chi connectivity index (χ1v) is 11.7. The van der Waals surface area contributed by atoms with E-state index in [0.29, 0.717) is 49.9 Å². The molecule has 2 aromatic rings. The first kappa shape index (κ1) is 22.3. The van der Waals surface area contributed by atoms with Crippen LogP contribution in [0.4, 0.5) is 0 Å². The van der Waals surface area contributed by atoms with E-state index in [-0.39, 0.29) is 5.91 Å². The van der Waals surface area contributed by atoms with Crippen molar-refractivity contribution in [1.82, 2.24) is 15.1 Å². The molecule has 1 aliphatic heterocycles. The lowest BCUT2D eigenvalue weighted by Gasteiger charge is -2.36. The van der Waals surface area contributed by atoms with Crippen molar-refractivity contribution < 1.29 is 9.00 Å². The predicted octanol–water partition coefficient (Wildman–Crippen LogP) is 2.41. The van der Waals surface area contributed by atoms with Gasteiger partial charge in [0.2, 0.25) is 5.91 Å². The molecule has 6 nitrogen and oxygen atoms in total. The number of guanidine groups is 1. The summed E-state index contributed by atoms with van der Waals surface area (Å²) in [5.74, 6) is 1.40. The molecule has 30 heavy (non-hydrogen) atoms. The third kappa shape index (κ3) is 6.31. The molecule has 1 aliphatic rings. The van der Waals surface area contributed by atoms with E-state index < -0.39 is 10.8 Å². The normalized spacial score (nSPS) is 15.7. The van der Waals surface area contributed by atoms with Crippen molar-refractivity contribution in [2.75, 3.05) is 45.5 Å². The van der Waals surface area contributed by atoms with Gasteiger partial charge in [-0.3, -0.25) is 14.0 Å². The summed E-state index contributed by atoms with van der Waals surface area (Å²) >= 11 is 6.01. The highest BCUT2D eigenvalue weighted by molar-refractivity contribution is 7.85. The number of nitrogens with zero attached hydrogens (tertiary/aromatic N) is 3. The van der Waals surface area contributed by atoms with Gasteiger partial charge < -0.3 is 15.1 Å². The summed E-state index contributed by atoms with van der Waals surface area (Å²) in [6, 6.07) is 16.9. The van der Waals surface area contributed by atoms with Crippen LogP contribution >= 0.6 is 11.6 Å². The molecule has 0 bridgehead atoms. The monoisotopic (exact) mass is 446 g/mol. The lowest BCUT2D eigenvalue weighted by Crippen LogP contribution is -2.54. The molecule has 1 amide bonds. The van der Waals surface area contributed by atoms with Crippen molar-refractivity contribution >= 4 is 34.3 Å². The van der Waals surface area contributed by atoms with E-state index in [1.807, 2.05) is 59.5 Å². The van der Waals surface area contributed by atoms with Crippen molar-refractivity contribution in [2.45, 2.75) is 11.3 Å². The molecule has 1 saturated heterocycles. The van der Waals surface area contributed by atoms with E-state index in [9.17, 15) is 9.00 Å². The number of carbonyl (C=O) groups is 1. The summed E-state index contributed by atoms with van der Waals surface area (Å²) in [6.45, 7) is 3.29. The molecule has 8 heteroatoms. The van der Waals surface area contributed by atoms with Crippen LogP contribution in [-0.4, -0.2) is 71.4 Å². The summed E-state index contributed by atoms with van der Waals surface area (Å²) in [6.07, 6.45) is 0.360. The fourth-order valence-corrected chi connectivity index (χ4v) is 4.58. The highest BCUT2D eigenvalue weighted by Gasteiger charge is 2.23. The molecule has 0 spiro atoms. The Hall–Kier alpha value is -2.38. The third-order valence-electron chi connectivity index (χ3n) is 4.96. The minimum absolute atomic E-state index is 0.109. The molecule has 1 fully saturated rings. The van der Waals surface area contributed by atoms with Crippen LogP contribution in [0.15, 0.2) is 64.5 Å². The number of nitrogens with one attached hydrogen (secondary N) is 1. The molecule has 1 heterocycles. The highest BCUT2D eigenvalue weighted by Crippen LogP contribution is 2.13. The van der Waals surface area contributed by atoms with Crippen LogP contribution in [-0.2, 0) is 22.0 Å². The molecule has 2 aromatic carbocycles. The molecule has 0 aromatic heterocycles. The zero-order valence-electron chi connectivity index (χ0n) is 17.1. The van der Waals surface area contributed by atoms with Gasteiger partial charge in [0.15, 0.2) is 5.96 Å². The van der Waals surface area contributed by atoms with Crippen LogP contribution < -0.4 is 5.32 Å². The molecule has 1 unspecified atom stereocenters. The van der Waals surface area contributed by atoms with Crippen LogP contribution in [0.1, 0.15) is 5.56 Å². The van der Waals surface area contributed by atoms with E-state index in [1.165, 1.54) is 0 Å². The van der Waals surface area contributed by atoms with Crippen LogP contribution in [0.2, 0.25) is 5.02 Å². The standard InChI is InChI=1S/C22H27ClN4O2S/c1-24-22(25-10-15-30(29)20-8-3-2-4-9-20)27-13-11-26(12-14-27)21(28)17-18-6-5-7-19(23)16-18/h2-9,16H,10-15,17H2,1H3,(H,24,25). The fraction of sp³-hybridized carbons (Fsp3) is 0.364. The smallest absolute Gasteiger partial charge is 0.227 e. The summed E-state index contributed by atoms with van der Waals surface area (Å²) in [7, 11) is 0.705. The Morgan fingerprint density at radius 2 is 1.77 bits per heavy atom. The maximum atomic E-state index is 12.6. The largest absolute Gasteiger partial charge is 0.355 e. The SMILES string of the molecule is CN=C(NCCS(=O)c1ccccc1)N1CCN(C(=O)Cc2cccc(Cl)c2)CC1. The Bertz CT molecular complexity index is 899. The van der Waals surface area contributed by atoms with Gasteiger partial charge in [0, 0.05) is 55.4 Å². The number of rotatable bonds is 6. The zero-order chi connectivity index (χ0) is 21.3. The van der Waals surface area contributed by atoms with Gasteiger partial charge in [-0.25, -0.2) is 0 Å². The average Bonchev–Trinajstić information content (AvgIpc) is 2.77. The molecular formula is C22H27ClN4O2S. The van der Waals surface area contributed by atoms with Crippen LogP contribution in [0.5, 0.6) is 0 Å². The maximum absolute atomic E-state index is 12.6. The number of piperazine rings is 1. The summed E-state index contributed by atoms with van der Waals surface area (Å²) in [5, 5.41) is 3.94. The van der Waals surface area contributed by atoms with Gasteiger partial charge >= 0.3 is 0 Å². The number of hydrogen-bond donors (Lipinski definition) is 1. The first-order valence-electron chi connectivity index (χ1n) is 9.98.